The molecule has 0 radical (unpaired) electrons. The predicted molar refractivity (Wildman–Crippen MR) is 84.7 cm³/mol. The third-order valence-corrected chi connectivity index (χ3v) is 5.72. The van der Waals surface area contributed by atoms with E-state index in [0.717, 1.165) is 0 Å². The fourth-order valence-electron chi connectivity index (χ4n) is 1.52. The number of thiophene rings is 1. The van der Waals surface area contributed by atoms with Crippen LogP contribution < -0.4 is 11.1 Å². The van der Waals surface area contributed by atoms with Crippen molar-refractivity contribution in [3.05, 3.63) is 40.7 Å². The lowest BCUT2D eigenvalue weighted by molar-refractivity contribution is -0.115. The molecule has 0 aliphatic carbocycles. The summed E-state index contributed by atoms with van der Waals surface area (Å²) < 4.78 is 12.9. The lowest BCUT2D eigenvalue weighted by Gasteiger charge is -2.13. The summed E-state index contributed by atoms with van der Waals surface area (Å²) in [5.41, 5.74) is 6.60. The van der Waals surface area contributed by atoms with E-state index in [1.54, 1.807) is 37.3 Å². The first-order valence-electron chi connectivity index (χ1n) is 5.79. The van der Waals surface area contributed by atoms with Crippen LogP contribution in [0.1, 0.15) is 6.92 Å². The molecule has 4 nitrogen and oxygen atoms in total. The molecule has 1 aromatic carbocycles. The highest BCUT2D eigenvalue weighted by molar-refractivity contribution is 7.88. The van der Waals surface area contributed by atoms with Crippen molar-refractivity contribution in [2.45, 2.75) is 16.4 Å². The van der Waals surface area contributed by atoms with Gasteiger partial charge < -0.3 is 11.1 Å². The first kappa shape index (κ1) is 15.0. The molecule has 2 rings (SSSR count). The number of hydrogen-bond acceptors (Lipinski definition) is 4. The van der Waals surface area contributed by atoms with Crippen molar-refractivity contribution in [1.29, 1.82) is 0 Å². The molecule has 1 heterocycles. The molecular weight excluding hydrogens is 316 g/mol. The molecule has 0 aliphatic heterocycles. The van der Waals surface area contributed by atoms with Crippen LogP contribution in [0.4, 0.5) is 11.4 Å². The number of anilines is 2. The lowest BCUT2D eigenvalue weighted by Crippen LogP contribution is -2.29. The van der Waals surface area contributed by atoms with Gasteiger partial charge >= 0.3 is 0 Å². The third kappa shape index (κ3) is 3.39. The van der Waals surface area contributed by atoms with Gasteiger partial charge in [0.1, 0.15) is 5.25 Å². The molecule has 0 fully saturated rings. The molecular formula is C13H13ClN2O2S2. The monoisotopic (exact) mass is 328 g/mol. The Kier molecular flexibility index (Phi) is 4.80. The van der Waals surface area contributed by atoms with Gasteiger partial charge in [-0.3, -0.25) is 9.00 Å². The van der Waals surface area contributed by atoms with Crippen LogP contribution in [0, 0.1) is 0 Å². The van der Waals surface area contributed by atoms with Gasteiger partial charge in [-0.15, -0.1) is 11.3 Å². The normalized spacial score (nSPS) is 13.7. The van der Waals surface area contributed by atoms with Gasteiger partial charge in [0.25, 0.3) is 0 Å². The summed E-state index contributed by atoms with van der Waals surface area (Å²) in [6.07, 6.45) is 0. The minimum Gasteiger partial charge on any atom is -0.397 e. The molecule has 0 saturated carbocycles. The minimum absolute atomic E-state index is 0.356. The molecule has 0 bridgehead atoms. The maximum atomic E-state index is 12.2. The Morgan fingerprint density at radius 1 is 1.45 bits per heavy atom. The number of nitrogens with two attached hydrogens (primary N) is 1. The number of benzene rings is 1. The van der Waals surface area contributed by atoms with Gasteiger partial charge in [-0.2, -0.15) is 0 Å². The second-order valence-electron chi connectivity index (χ2n) is 4.09. The summed E-state index contributed by atoms with van der Waals surface area (Å²) in [7, 11) is -1.38. The fourth-order valence-corrected chi connectivity index (χ4v) is 3.93. The number of nitrogen functional groups attached to an aromatic ring is 1. The number of rotatable bonds is 4. The first-order valence-corrected chi connectivity index (χ1v) is 8.26. The van der Waals surface area contributed by atoms with Crippen LogP contribution in [0.25, 0.3) is 0 Å². The van der Waals surface area contributed by atoms with E-state index in [-0.39, 0.29) is 5.91 Å². The van der Waals surface area contributed by atoms with Crippen molar-refractivity contribution in [2.24, 2.45) is 0 Å². The summed E-state index contributed by atoms with van der Waals surface area (Å²) in [5, 5.41) is 4.28. The van der Waals surface area contributed by atoms with Gasteiger partial charge in [0.15, 0.2) is 0 Å². The number of nitrogens with one attached hydrogen (secondary N) is 1. The van der Waals surface area contributed by atoms with E-state index in [4.69, 9.17) is 17.3 Å². The van der Waals surface area contributed by atoms with E-state index in [9.17, 15) is 9.00 Å². The summed E-state index contributed by atoms with van der Waals surface area (Å²) in [6.45, 7) is 1.62. The van der Waals surface area contributed by atoms with Crippen molar-refractivity contribution in [3.63, 3.8) is 0 Å². The number of amides is 1. The second-order valence-corrected chi connectivity index (χ2v) is 7.48. The Bertz CT molecular complexity index is 644. The number of carbonyl (C=O) groups excluding carboxylic acids is 1. The molecule has 2 aromatic rings. The summed E-state index contributed by atoms with van der Waals surface area (Å²) in [5.74, 6) is -0.356. The van der Waals surface area contributed by atoms with Gasteiger partial charge in [0.2, 0.25) is 5.91 Å². The van der Waals surface area contributed by atoms with Crippen LogP contribution >= 0.6 is 22.9 Å². The predicted octanol–water partition coefficient (Wildman–Crippen LogP) is 3.12. The Morgan fingerprint density at radius 2 is 2.20 bits per heavy atom. The van der Waals surface area contributed by atoms with E-state index < -0.39 is 16.0 Å². The van der Waals surface area contributed by atoms with Gasteiger partial charge in [0.05, 0.1) is 26.4 Å². The van der Waals surface area contributed by atoms with Crippen molar-refractivity contribution in [2.75, 3.05) is 11.1 Å². The van der Waals surface area contributed by atoms with Crippen molar-refractivity contribution in [3.8, 4) is 0 Å². The topological polar surface area (TPSA) is 72.2 Å². The molecule has 0 aliphatic rings. The second kappa shape index (κ2) is 6.39. The maximum Gasteiger partial charge on any atom is 0.240 e. The Labute approximate surface area is 128 Å². The zero-order valence-corrected chi connectivity index (χ0v) is 13.0. The maximum absolute atomic E-state index is 12.2. The van der Waals surface area contributed by atoms with Crippen LogP contribution in [0.5, 0.6) is 0 Å². The Balaban J connectivity index is 2.12. The van der Waals surface area contributed by atoms with E-state index in [1.807, 2.05) is 5.38 Å². The number of carbonyl (C=O) groups is 1. The van der Waals surface area contributed by atoms with Gasteiger partial charge in [-0.25, -0.2) is 0 Å². The summed E-state index contributed by atoms with van der Waals surface area (Å²) >= 11 is 7.22. The molecule has 0 spiro atoms. The van der Waals surface area contributed by atoms with Crippen LogP contribution in [-0.2, 0) is 15.6 Å². The lowest BCUT2D eigenvalue weighted by atomic mass is 10.2. The fraction of sp³-hybridized carbons (Fsp3) is 0.154. The van der Waals surface area contributed by atoms with Crippen molar-refractivity contribution < 1.29 is 9.00 Å². The van der Waals surface area contributed by atoms with Crippen LogP contribution in [-0.4, -0.2) is 15.4 Å². The first-order chi connectivity index (χ1) is 9.49. The third-order valence-electron chi connectivity index (χ3n) is 2.66. The van der Waals surface area contributed by atoms with Gasteiger partial charge in [0, 0.05) is 5.02 Å². The smallest absolute Gasteiger partial charge is 0.240 e. The van der Waals surface area contributed by atoms with Crippen LogP contribution in [0.3, 0.4) is 0 Å². The minimum atomic E-state index is -1.38. The number of hydrogen-bond donors (Lipinski definition) is 2. The molecule has 7 heteroatoms. The van der Waals surface area contributed by atoms with E-state index >= 15 is 0 Å². The van der Waals surface area contributed by atoms with Crippen LogP contribution in [0.2, 0.25) is 5.02 Å². The van der Waals surface area contributed by atoms with Gasteiger partial charge in [-0.05, 0) is 36.6 Å². The SMILES string of the molecule is CC(C(=O)Nc1cc(Cl)ccc1N)S(=O)c1cccs1. The molecule has 3 N–H and O–H groups in total. The Morgan fingerprint density at radius 3 is 2.85 bits per heavy atom. The molecule has 2 atom stereocenters. The molecule has 1 amide bonds. The number of halogens is 1. The van der Waals surface area contributed by atoms with Gasteiger partial charge in [-0.1, -0.05) is 17.7 Å². The Hall–Kier alpha value is -1.37. The standard InChI is InChI=1S/C13H13ClN2O2S2/c1-8(20(18)12-3-2-6-19-12)13(17)16-11-7-9(14)4-5-10(11)15/h2-8H,15H2,1H3,(H,16,17). The summed E-state index contributed by atoms with van der Waals surface area (Å²) in [4.78, 5) is 12.1. The zero-order valence-electron chi connectivity index (χ0n) is 10.6. The zero-order chi connectivity index (χ0) is 14.7. The largest absolute Gasteiger partial charge is 0.397 e. The highest BCUT2D eigenvalue weighted by Crippen LogP contribution is 2.24. The highest BCUT2D eigenvalue weighted by Gasteiger charge is 2.22. The molecule has 2 unspecified atom stereocenters. The van der Waals surface area contributed by atoms with Crippen molar-refractivity contribution in [1.82, 2.24) is 0 Å². The molecule has 20 heavy (non-hydrogen) atoms. The average Bonchev–Trinajstić information content (AvgIpc) is 2.95. The van der Waals surface area contributed by atoms with E-state index in [0.29, 0.717) is 20.6 Å². The quantitative estimate of drug-likeness (QED) is 0.847. The van der Waals surface area contributed by atoms with E-state index in [2.05, 4.69) is 5.32 Å². The van der Waals surface area contributed by atoms with Crippen LogP contribution in [0.15, 0.2) is 39.9 Å². The van der Waals surface area contributed by atoms with E-state index in [1.165, 1.54) is 11.3 Å². The molecule has 1 aromatic heterocycles. The van der Waals surface area contributed by atoms with Crippen molar-refractivity contribution >= 4 is 51.0 Å². The molecule has 0 saturated heterocycles. The summed E-state index contributed by atoms with van der Waals surface area (Å²) in [6, 6.07) is 8.37. The molecule has 106 valence electrons. The highest BCUT2D eigenvalue weighted by atomic mass is 35.5. The average molecular weight is 329 g/mol.